The minimum absolute atomic E-state index is 0.0345. The number of nitrogens with zero attached hydrogens (tertiary/aromatic N) is 3. The number of aromatic nitrogens is 2. The average molecular weight is 396 g/mol. The lowest BCUT2D eigenvalue weighted by Crippen LogP contribution is -2.52. The number of imide groups is 1. The summed E-state index contributed by atoms with van der Waals surface area (Å²) in [4.78, 5) is 42.0. The van der Waals surface area contributed by atoms with Gasteiger partial charge >= 0.3 is 0 Å². The van der Waals surface area contributed by atoms with E-state index in [4.69, 9.17) is 5.11 Å². The van der Waals surface area contributed by atoms with E-state index in [2.05, 4.69) is 9.97 Å². The minimum Gasteiger partial charge on any atom is -0.394 e. The van der Waals surface area contributed by atoms with Gasteiger partial charge in [-0.1, -0.05) is 0 Å². The summed E-state index contributed by atoms with van der Waals surface area (Å²) in [6.45, 7) is -0.947. The maximum Gasteiger partial charge on any atom is 0.277 e. The standard InChI is InChI=1S/C15H16N4O9/c20-4-9(21)11(22)12(23)13(24)15(26)18-14(25)10-7-3-6(19(27)28)1-2-8(7)16-5-17-10/h1-3,5,9,11-13,20-24H,4H2,(H,18,25,26). The number of hydrogen-bond donors (Lipinski definition) is 6. The van der Waals surface area contributed by atoms with E-state index in [0.717, 1.165) is 18.5 Å². The lowest BCUT2D eigenvalue weighted by molar-refractivity contribution is -0.384. The number of nitrogens with one attached hydrogen (secondary N) is 1. The highest BCUT2D eigenvalue weighted by Gasteiger charge is 2.35. The average Bonchev–Trinajstić information content (AvgIpc) is 2.70. The van der Waals surface area contributed by atoms with Gasteiger partial charge in [0.15, 0.2) is 6.10 Å². The number of carbonyl (C=O) groups excluding carboxylic acids is 2. The molecule has 150 valence electrons. The molecule has 6 N–H and O–H groups in total. The lowest BCUT2D eigenvalue weighted by atomic mass is 10.0. The molecular formula is C15H16N4O9. The van der Waals surface area contributed by atoms with Crippen molar-refractivity contribution in [2.75, 3.05) is 6.61 Å². The van der Waals surface area contributed by atoms with Crippen molar-refractivity contribution >= 4 is 28.4 Å². The molecule has 13 heteroatoms. The third-order valence-corrected chi connectivity index (χ3v) is 3.80. The molecule has 0 saturated heterocycles. The predicted molar refractivity (Wildman–Crippen MR) is 89.8 cm³/mol. The number of amides is 2. The summed E-state index contributed by atoms with van der Waals surface area (Å²) < 4.78 is 0. The summed E-state index contributed by atoms with van der Waals surface area (Å²) in [5.41, 5.74) is -0.570. The minimum atomic E-state index is -2.33. The zero-order chi connectivity index (χ0) is 21.0. The summed E-state index contributed by atoms with van der Waals surface area (Å²) in [5.74, 6) is -2.58. The van der Waals surface area contributed by atoms with Crippen molar-refractivity contribution in [3.05, 3.63) is 40.3 Å². The Balaban J connectivity index is 2.23. The second-order valence-corrected chi connectivity index (χ2v) is 5.68. The van der Waals surface area contributed by atoms with Crippen LogP contribution in [0.3, 0.4) is 0 Å². The quantitative estimate of drug-likeness (QED) is 0.208. The zero-order valence-corrected chi connectivity index (χ0v) is 14.0. The molecule has 0 aliphatic carbocycles. The highest BCUT2D eigenvalue weighted by atomic mass is 16.6. The smallest absolute Gasteiger partial charge is 0.277 e. The maximum absolute atomic E-state index is 12.3. The van der Waals surface area contributed by atoms with Crippen molar-refractivity contribution in [2.24, 2.45) is 0 Å². The number of benzene rings is 1. The maximum atomic E-state index is 12.3. The molecule has 0 fully saturated rings. The van der Waals surface area contributed by atoms with Gasteiger partial charge in [0.2, 0.25) is 0 Å². The topological polar surface area (TPSA) is 216 Å². The number of hydrogen-bond acceptors (Lipinski definition) is 11. The van der Waals surface area contributed by atoms with Crippen LogP contribution in [0.25, 0.3) is 10.9 Å². The van der Waals surface area contributed by atoms with E-state index >= 15 is 0 Å². The normalized spacial score (nSPS) is 15.5. The molecule has 0 aliphatic rings. The van der Waals surface area contributed by atoms with E-state index in [1.807, 2.05) is 0 Å². The number of aliphatic hydroxyl groups is 5. The monoisotopic (exact) mass is 396 g/mol. The van der Waals surface area contributed by atoms with Crippen LogP contribution in [0.5, 0.6) is 0 Å². The number of nitro groups is 1. The van der Waals surface area contributed by atoms with Gasteiger partial charge in [-0.3, -0.25) is 25.0 Å². The van der Waals surface area contributed by atoms with Crippen molar-refractivity contribution in [1.82, 2.24) is 15.3 Å². The van der Waals surface area contributed by atoms with Gasteiger partial charge in [-0.25, -0.2) is 9.97 Å². The fourth-order valence-electron chi connectivity index (χ4n) is 2.26. The second-order valence-electron chi connectivity index (χ2n) is 5.68. The lowest BCUT2D eigenvalue weighted by Gasteiger charge is -2.24. The summed E-state index contributed by atoms with van der Waals surface area (Å²) in [6.07, 6.45) is -7.45. The van der Waals surface area contributed by atoms with Gasteiger partial charge in [-0.2, -0.15) is 0 Å². The van der Waals surface area contributed by atoms with Crippen LogP contribution >= 0.6 is 0 Å². The molecule has 2 amide bonds. The van der Waals surface area contributed by atoms with E-state index in [1.54, 1.807) is 5.32 Å². The molecular weight excluding hydrogens is 380 g/mol. The van der Waals surface area contributed by atoms with E-state index in [-0.39, 0.29) is 16.6 Å². The molecule has 0 radical (unpaired) electrons. The Morgan fingerprint density at radius 3 is 2.43 bits per heavy atom. The zero-order valence-electron chi connectivity index (χ0n) is 14.0. The fraction of sp³-hybridized carbons (Fsp3) is 0.333. The van der Waals surface area contributed by atoms with E-state index in [0.29, 0.717) is 0 Å². The Kier molecular flexibility index (Phi) is 6.61. The molecule has 2 rings (SSSR count). The molecule has 4 unspecified atom stereocenters. The van der Waals surface area contributed by atoms with Crippen LogP contribution in [0.15, 0.2) is 24.5 Å². The van der Waals surface area contributed by atoms with Crippen LogP contribution in [-0.2, 0) is 4.79 Å². The van der Waals surface area contributed by atoms with Gasteiger partial charge in [0.05, 0.1) is 17.0 Å². The number of nitro benzene ring substituents is 1. The Bertz CT molecular complexity index is 906. The van der Waals surface area contributed by atoms with Gasteiger partial charge in [0, 0.05) is 17.5 Å². The third-order valence-electron chi connectivity index (χ3n) is 3.80. The first kappa shape index (κ1) is 21.2. The third kappa shape index (κ3) is 4.41. The Labute approximate surface area is 156 Å². The first-order valence-electron chi connectivity index (χ1n) is 7.74. The Morgan fingerprint density at radius 1 is 1.14 bits per heavy atom. The highest BCUT2D eigenvalue weighted by Crippen LogP contribution is 2.21. The number of aliphatic hydroxyl groups excluding tert-OH is 5. The second kappa shape index (κ2) is 8.73. The van der Waals surface area contributed by atoms with Crippen LogP contribution in [0.4, 0.5) is 5.69 Å². The van der Waals surface area contributed by atoms with Gasteiger partial charge in [-0.05, 0) is 6.07 Å². The van der Waals surface area contributed by atoms with Gasteiger partial charge in [0.25, 0.3) is 17.5 Å². The van der Waals surface area contributed by atoms with Gasteiger partial charge in [-0.15, -0.1) is 0 Å². The molecule has 4 atom stereocenters. The molecule has 0 bridgehead atoms. The molecule has 13 nitrogen and oxygen atoms in total. The summed E-state index contributed by atoms with van der Waals surface area (Å²) in [7, 11) is 0. The highest BCUT2D eigenvalue weighted by molar-refractivity contribution is 6.11. The molecule has 2 aromatic rings. The summed E-state index contributed by atoms with van der Waals surface area (Å²) >= 11 is 0. The van der Waals surface area contributed by atoms with Crippen molar-refractivity contribution in [3.8, 4) is 0 Å². The number of carbonyl (C=O) groups is 2. The van der Waals surface area contributed by atoms with Crippen molar-refractivity contribution in [1.29, 1.82) is 0 Å². The number of rotatable bonds is 7. The fourth-order valence-corrected chi connectivity index (χ4v) is 2.26. The van der Waals surface area contributed by atoms with Gasteiger partial charge in [0.1, 0.15) is 30.3 Å². The van der Waals surface area contributed by atoms with Crippen LogP contribution in [0, 0.1) is 10.1 Å². The first-order chi connectivity index (χ1) is 13.2. The summed E-state index contributed by atoms with van der Waals surface area (Å²) in [5, 5.41) is 59.5. The van der Waals surface area contributed by atoms with Crippen LogP contribution in [0.1, 0.15) is 10.5 Å². The van der Waals surface area contributed by atoms with E-state index < -0.39 is 53.5 Å². The van der Waals surface area contributed by atoms with E-state index in [1.165, 1.54) is 6.07 Å². The first-order valence-corrected chi connectivity index (χ1v) is 7.74. The number of non-ortho nitro benzene ring substituents is 1. The van der Waals surface area contributed by atoms with Gasteiger partial charge < -0.3 is 25.5 Å². The molecule has 0 saturated carbocycles. The predicted octanol–water partition coefficient (Wildman–Crippen LogP) is -2.77. The molecule has 1 heterocycles. The number of fused-ring (bicyclic) bond motifs is 1. The largest absolute Gasteiger partial charge is 0.394 e. The Hall–Kier alpha value is -3.10. The molecule has 28 heavy (non-hydrogen) atoms. The van der Waals surface area contributed by atoms with Crippen LogP contribution in [0.2, 0.25) is 0 Å². The Morgan fingerprint density at radius 2 is 1.82 bits per heavy atom. The SMILES string of the molecule is O=C(NC(=O)C(O)C(O)C(O)C(O)CO)c1ncnc2ccc([N+](=O)[O-])cc12. The van der Waals surface area contributed by atoms with Crippen LogP contribution in [-0.4, -0.2) is 83.3 Å². The van der Waals surface area contributed by atoms with Crippen molar-refractivity contribution < 1.29 is 40.0 Å². The van der Waals surface area contributed by atoms with Crippen LogP contribution < -0.4 is 5.32 Å². The van der Waals surface area contributed by atoms with Crippen molar-refractivity contribution in [2.45, 2.75) is 24.4 Å². The molecule has 0 aliphatic heterocycles. The molecule has 1 aromatic heterocycles. The van der Waals surface area contributed by atoms with Crippen molar-refractivity contribution in [3.63, 3.8) is 0 Å². The molecule has 1 aromatic carbocycles. The molecule has 0 spiro atoms. The van der Waals surface area contributed by atoms with E-state index in [9.17, 15) is 40.1 Å². The summed E-state index contributed by atoms with van der Waals surface area (Å²) in [6, 6.07) is 3.47.